The summed E-state index contributed by atoms with van der Waals surface area (Å²) < 4.78 is 10.1. The monoisotopic (exact) mass is 378 g/mol. The van der Waals surface area contributed by atoms with Gasteiger partial charge in [0, 0.05) is 24.1 Å². The second-order valence-corrected chi connectivity index (χ2v) is 6.61. The van der Waals surface area contributed by atoms with Crippen LogP contribution in [0.3, 0.4) is 0 Å². The molecule has 6 heteroatoms. The number of hydrogen-bond acceptors (Lipinski definition) is 6. The summed E-state index contributed by atoms with van der Waals surface area (Å²) in [6.07, 6.45) is 1.58. The molecule has 2 heterocycles. The number of anilines is 1. The van der Waals surface area contributed by atoms with E-state index in [1.807, 2.05) is 36.9 Å². The molecule has 1 fully saturated rings. The fourth-order valence-electron chi connectivity index (χ4n) is 3.29. The minimum Gasteiger partial charge on any atom is -0.467 e. The van der Waals surface area contributed by atoms with Crippen LogP contribution in [0.25, 0.3) is 0 Å². The van der Waals surface area contributed by atoms with Crippen molar-refractivity contribution in [1.82, 2.24) is 4.98 Å². The number of nitrogens with zero attached hydrogens (tertiary/aromatic N) is 2. The van der Waals surface area contributed by atoms with Crippen LogP contribution in [0.2, 0.25) is 0 Å². The maximum absolute atomic E-state index is 12.1. The number of benzene rings is 1. The van der Waals surface area contributed by atoms with Gasteiger partial charge in [-0.1, -0.05) is 30.2 Å². The van der Waals surface area contributed by atoms with Gasteiger partial charge in [0.05, 0.1) is 7.11 Å². The van der Waals surface area contributed by atoms with Crippen molar-refractivity contribution >= 4 is 17.8 Å². The van der Waals surface area contributed by atoms with Crippen molar-refractivity contribution in [3.8, 4) is 17.7 Å². The molecule has 0 aliphatic carbocycles. The number of ether oxygens (including phenoxy) is 2. The number of aromatic nitrogens is 1. The van der Waals surface area contributed by atoms with E-state index in [2.05, 4.69) is 16.8 Å². The van der Waals surface area contributed by atoms with Gasteiger partial charge in [-0.05, 0) is 43.9 Å². The van der Waals surface area contributed by atoms with E-state index in [4.69, 9.17) is 9.47 Å². The number of pyridine rings is 1. The highest BCUT2D eigenvalue weighted by Gasteiger charge is 2.32. The van der Waals surface area contributed by atoms with Gasteiger partial charge in [0.25, 0.3) is 0 Å². The van der Waals surface area contributed by atoms with Gasteiger partial charge in [0.2, 0.25) is 5.88 Å². The summed E-state index contributed by atoms with van der Waals surface area (Å²) in [5.74, 6) is 5.14. The van der Waals surface area contributed by atoms with Crippen LogP contribution in [0.15, 0.2) is 36.4 Å². The Kier molecular flexibility index (Phi) is 5.95. The average Bonchev–Trinajstić information content (AvgIpc) is 3.17. The van der Waals surface area contributed by atoms with E-state index in [0.717, 1.165) is 23.1 Å². The first-order chi connectivity index (χ1) is 13.5. The molecule has 0 radical (unpaired) electrons. The van der Waals surface area contributed by atoms with Crippen molar-refractivity contribution in [2.24, 2.45) is 0 Å². The third-order valence-corrected chi connectivity index (χ3v) is 4.70. The maximum Gasteiger partial charge on any atom is 0.391 e. The molecule has 0 saturated carbocycles. The summed E-state index contributed by atoms with van der Waals surface area (Å²) in [6, 6.07) is 10.6. The van der Waals surface area contributed by atoms with Gasteiger partial charge in [-0.3, -0.25) is 0 Å². The Bertz CT molecular complexity index is 938. The first-order valence-electron chi connectivity index (χ1n) is 9.11. The number of carbonyl (C=O) groups is 2. The quantitative estimate of drug-likeness (QED) is 0.604. The molecule has 0 bridgehead atoms. The van der Waals surface area contributed by atoms with Gasteiger partial charge in [-0.15, -0.1) is 0 Å². The zero-order valence-electron chi connectivity index (χ0n) is 16.2. The lowest BCUT2D eigenvalue weighted by Crippen LogP contribution is -2.37. The Labute approximate surface area is 164 Å². The van der Waals surface area contributed by atoms with E-state index in [1.54, 1.807) is 18.2 Å². The predicted molar refractivity (Wildman–Crippen MR) is 105 cm³/mol. The van der Waals surface area contributed by atoms with Gasteiger partial charge in [-0.25, -0.2) is 9.59 Å². The molecular weight excluding hydrogens is 356 g/mol. The first-order valence-corrected chi connectivity index (χ1v) is 9.11. The van der Waals surface area contributed by atoms with E-state index in [0.29, 0.717) is 18.8 Å². The molecule has 0 amide bonds. The number of aryl methyl sites for hydroxylation is 2. The zero-order valence-corrected chi connectivity index (χ0v) is 16.2. The SMILES string of the molecule is COC(=O)C1CCCN1c1cccc(OC(=O)C#Cc2c(C)cccc2C)n1. The van der Waals surface area contributed by atoms with Gasteiger partial charge in [0.1, 0.15) is 11.9 Å². The fourth-order valence-corrected chi connectivity index (χ4v) is 3.29. The average molecular weight is 378 g/mol. The number of rotatable bonds is 3. The summed E-state index contributed by atoms with van der Waals surface area (Å²) in [5.41, 5.74) is 2.82. The Hall–Kier alpha value is -3.33. The van der Waals surface area contributed by atoms with Crippen LogP contribution in [-0.2, 0) is 14.3 Å². The molecule has 28 heavy (non-hydrogen) atoms. The molecule has 0 spiro atoms. The molecule has 1 aromatic carbocycles. The third-order valence-electron chi connectivity index (χ3n) is 4.70. The molecule has 1 aliphatic rings. The number of carbonyl (C=O) groups excluding carboxylic acids is 2. The lowest BCUT2D eigenvalue weighted by Gasteiger charge is -2.23. The van der Waals surface area contributed by atoms with Gasteiger partial charge < -0.3 is 14.4 Å². The Morgan fingerprint density at radius 3 is 2.57 bits per heavy atom. The van der Waals surface area contributed by atoms with E-state index in [9.17, 15) is 9.59 Å². The van der Waals surface area contributed by atoms with E-state index >= 15 is 0 Å². The van der Waals surface area contributed by atoms with Crippen molar-refractivity contribution < 1.29 is 19.1 Å². The molecule has 1 unspecified atom stereocenters. The van der Waals surface area contributed by atoms with E-state index < -0.39 is 5.97 Å². The normalized spacial score (nSPS) is 15.5. The predicted octanol–water partition coefficient (Wildman–Crippen LogP) is 2.80. The lowest BCUT2D eigenvalue weighted by atomic mass is 10.0. The second kappa shape index (κ2) is 8.57. The lowest BCUT2D eigenvalue weighted by molar-refractivity contribution is -0.142. The number of methoxy groups -OCH3 is 1. The van der Waals surface area contributed by atoms with Crippen molar-refractivity contribution in [1.29, 1.82) is 0 Å². The highest BCUT2D eigenvalue weighted by atomic mass is 16.5. The summed E-state index contributed by atoms with van der Waals surface area (Å²) in [7, 11) is 1.37. The number of hydrogen-bond donors (Lipinski definition) is 0. The molecule has 0 N–H and O–H groups in total. The first kappa shape index (κ1) is 19.4. The van der Waals surface area contributed by atoms with Crippen LogP contribution in [0.5, 0.6) is 5.88 Å². The highest BCUT2D eigenvalue weighted by molar-refractivity contribution is 5.91. The van der Waals surface area contributed by atoms with Crippen molar-refractivity contribution in [2.45, 2.75) is 32.7 Å². The van der Waals surface area contributed by atoms with Crippen molar-refractivity contribution in [3.05, 3.63) is 53.1 Å². The molecule has 144 valence electrons. The molecule has 6 nitrogen and oxygen atoms in total. The van der Waals surface area contributed by atoms with Crippen LogP contribution in [-0.4, -0.2) is 36.6 Å². The van der Waals surface area contributed by atoms with Crippen LogP contribution < -0.4 is 9.64 Å². The molecule has 1 aromatic heterocycles. The summed E-state index contributed by atoms with van der Waals surface area (Å²) in [6.45, 7) is 4.58. The summed E-state index contributed by atoms with van der Waals surface area (Å²) in [5, 5.41) is 0. The van der Waals surface area contributed by atoms with Gasteiger partial charge >= 0.3 is 11.9 Å². The largest absolute Gasteiger partial charge is 0.467 e. The molecule has 1 saturated heterocycles. The maximum atomic E-state index is 12.1. The van der Waals surface area contributed by atoms with Crippen molar-refractivity contribution in [3.63, 3.8) is 0 Å². The van der Waals surface area contributed by atoms with Gasteiger partial charge in [-0.2, -0.15) is 4.98 Å². The standard InChI is InChI=1S/C22H22N2O4/c1-15-7-4-8-16(2)17(15)12-13-21(25)28-20-11-5-10-19(23-20)24-14-6-9-18(24)22(26)27-3/h4-5,7-8,10-11,18H,6,9,14H2,1-3H3. The third kappa shape index (κ3) is 4.32. The Balaban J connectivity index is 1.74. The molecule has 1 atom stereocenters. The smallest absolute Gasteiger partial charge is 0.391 e. The summed E-state index contributed by atoms with van der Waals surface area (Å²) in [4.78, 5) is 30.3. The zero-order chi connectivity index (χ0) is 20.1. The highest BCUT2D eigenvalue weighted by Crippen LogP contribution is 2.26. The Morgan fingerprint density at radius 1 is 1.14 bits per heavy atom. The molecule has 2 aromatic rings. The minimum absolute atomic E-state index is 0.147. The molecule has 1 aliphatic heterocycles. The fraction of sp³-hybridized carbons (Fsp3) is 0.318. The minimum atomic E-state index is -0.682. The van der Waals surface area contributed by atoms with E-state index in [-0.39, 0.29) is 17.9 Å². The Morgan fingerprint density at radius 2 is 1.86 bits per heavy atom. The van der Waals surface area contributed by atoms with Crippen LogP contribution in [0.4, 0.5) is 5.82 Å². The number of esters is 2. The van der Waals surface area contributed by atoms with Gasteiger partial charge in [0.15, 0.2) is 0 Å². The summed E-state index contributed by atoms with van der Waals surface area (Å²) >= 11 is 0. The topological polar surface area (TPSA) is 68.7 Å². The molecular formula is C22H22N2O4. The van der Waals surface area contributed by atoms with Crippen molar-refractivity contribution in [2.75, 3.05) is 18.6 Å². The van der Waals surface area contributed by atoms with Crippen LogP contribution >= 0.6 is 0 Å². The van der Waals surface area contributed by atoms with Crippen LogP contribution in [0, 0.1) is 25.7 Å². The second-order valence-electron chi connectivity index (χ2n) is 6.61. The van der Waals surface area contributed by atoms with Crippen LogP contribution in [0.1, 0.15) is 29.5 Å². The molecule has 3 rings (SSSR count). The van der Waals surface area contributed by atoms with E-state index in [1.165, 1.54) is 7.11 Å².